The molecule has 2 rings (SSSR count). The van der Waals surface area contributed by atoms with Gasteiger partial charge in [-0.3, -0.25) is 4.79 Å². The van der Waals surface area contributed by atoms with Crippen LogP contribution in [0.2, 0.25) is 5.02 Å². The van der Waals surface area contributed by atoms with Gasteiger partial charge in [0.1, 0.15) is 0 Å². The quantitative estimate of drug-likeness (QED) is 0.879. The highest BCUT2D eigenvalue weighted by Gasteiger charge is 2.19. The zero-order valence-electron chi connectivity index (χ0n) is 13.3. The van der Waals surface area contributed by atoms with Gasteiger partial charge in [0.15, 0.2) is 0 Å². The highest BCUT2D eigenvalue weighted by atomic mass is 35.5. The normalized spacial score (nSPS) is 19.4. The molecule has 128 valence electrons. The summed E-state index contributed by atoms with van der Waals surface area (Å²) in [5, 5.41) is 0.364. The summed E-state index contributed by atoms with van der Waals surface area (Å²) in [6, 6.07) is 6.07. The van der Waals surface area contributed by atoms with E-state index in [1.807, 2.05) is 4.90 Å². The Bertz CT molecular complexity index is 648. The Morgan fingerprint density at radius 2 is 2.13 bits per heavy atom. The second-order valence-electron chi connectivity index (χ2n) is 6.02. The molecule has 1 atom stereocenters. The van der Waals surface area contributed by atoms with Gasteiger partial charge in [0.2, 0.25) is 15.9 Å². The van der Waals surface area contributed by atoms with Crippen LogP contribution in [0.15, 0.2) is 29.2 Å². The molecule has 23 heavy (non-hydrogen) atoms. The lowest BCUT2D eigenvalue weighted by Gasteiger charge is -2.20. The number of sulfonamides is 1. The molecular formula is C16H23ClN2O3S. The van der Waals surface area contributed by atoms with E-state index in [1.54, 1.807) is 12.1 Å². The van der Waals surface area contributed by atoms with Crippen LogP contribution in [0.1, 0.15) is 32.6 Å². The van der Waals surface area contributed by atoms with Gasteiger partial charge in [-0.15, -0.1) is 0 Å². The maximum atomic E-state index is 12.2. The monoisotopic (exact) mass is 358 g/mol. The fraction of sp³-hybridized carbons (Fsp3) is 0.562. The molecule has 1 aliphatic heterocycles. The maximum Gasteiger partial charge on any atom is 0.240 e. The molecule has 0 spiro atoms. The lowest BCUT2D eigenvalue weighted by Crippen LogP contribution is -2.35. The van der Waals surface area contributed by atoms with Crippen molar-refractivity contribution in [2.45, 2.75) is 37.5 Å². The third-order valence-electron chi connectivity index (χ3n) is 4.11. The van der Waals surface area contributed by atoms with Crippen LogP contribution in [-0.2, 0) is 14.8 Å². The van der Waals surface area contributed by atoms with Crippen molar-refractivity contribution in [3.8, 4) is 0 Å². The molecule has 1 N–H and O–H groups in total. The summed E-state index contributed by atoms with van der Waals surface area (Å²) < 4.78 is 26.8. The zero-order valence-corrected chi connectivity index (χ0v) is 14.9. The summed E-state index contributed by atoms with van der Waals surface area (Å²) in [5.41, 5.74) is 0. The third kappa shape index (κ3) is 5.48. The number of carbonyl (C=O) groups excluding carboxylic acids is 1. The molecule has 0 bridgehead atoms. The molecule has 0 radical (unpaired) electrons. The molecule has 1 fully saturated rings. The van der Waals surface area contributed by atoms with Crippen molar-refractivity contribution in [2.24, 2.45) is 5.92 Å². The number of likely N-dealkylation sites (tertiary alicyclic amines) is 1. The van der Waals surface area contributed by atoms with Crippen LogP contribution in [0.25, 0.3) is 0 Å². The van der Waals surface area contributed by atoms with Gasteiger partial charge in [-0.05, 0) is 43.4 Å². The first kappa shape index (κ1) is 18.2. The number of rotatable bonds is 5. The number of carbonyl (C=O) groups is 1. The van der Waals surface area contributed by atoms with Crippen LogP contribution in [0.3, 0.4) is 0 Å². The Balaban J connectivity index is 1.85. The standard InChI is InChI=1S/C16H23ClN2O3S/c1-13-4-3-10-19(11-8-13)16(20)7-9-18-23(21,22)15-6-2-5-14(17)12-15/h2,5-6,12-13,18H,3-4,7-11H2,1H3/t13-/m0/s1. The van der Waals surface area contributed by atoms with E-state index in [0.29, 0.717) is 10.9 Å². The molecule has 0 aromatic heterocycles. The number of benzene rings is 1. The molecule has 0 unspecified atom stereocenters. The molecule has 1 aromatic rings. The summed E-state index contributed by atoms with van der Waals surface area (Å²) in [7, 11) is -3.63. The van der Waals surface area contributed by atoms with Gasteiger partial charge in [0.05, 0.1) is 4.90 Å². The average molecular weight is 359 g/mol. The molecular weight excluding hydrogens is 336 g/mol. The number of nitrogens with zero attached hydrogens (tertiary/aromatic N) is 1. The number of amides is 1. The number of hydrogen-bond donors (Lipinski definition) is 1. The lowest BCUT2D eigenvalue weighted by atomic mass is 10.0. The first-order valence-electron chi connectivity index (χ1n) is 7.91. The minimum atomic E-state index is -3.63. The van der Waals surface area contributed by atoms with E-state index in [2.05, 4.69) is 11.6 Å². The predicted octanol–water partition coefficient (Wildman–Crippen LogP) is 2.66. The SMILES string of the molecule is C[C@H]1CCCN(C(=O)CCNS(=O)(=O)c2cccc(Cl)c2)CC1. The second kappa shape index (κ2) is 8.13. The van der Waals surface area contributed by atoms with Crippen molar-refractivity contribution in [2.75, 3.05) is 19.6 Å². The molecule has 5 nitrogen and oxygen atoms in total. The van der Waals surface area contributed by atoms with Crippen LogP contribution >= 0.6 is 11.6 Å². The third-order valence-corrected chi connectivity index (χ3v) is 5.80. The van der Waals surface area contributed by atoms with E-state index in [0.717, 1.165) is 32.4 Å². The Labute approximate surface area is 143 Å². The van der Waals surface area contributed by atoms with E-state index in [9.17, 15) is 13.2 Å². The van der Waals surface area contributed by atoms with Crippen LogP contribution < -0.4 is 4.72 Å². The largest absolute Gasteiger partial charge is 0.343 e. The first-order chi connectivity index (χ1) is 10.9. The van der Waals surface area contributed by atoms with E-state index < -0.39 is 10.0 Å². The topological polar surface area (TPSA) is 66.5 Å². The van der Waals surface area contributed by atoms with Gasteiger partial charge >= 0.3 is 0 Å². The van der Waals surface area contributed by atoms with E-state index in [-0.39, 0.29) is 23.8 Å². The molecule has 1 aliphatic rings. The maximum absolute atomic E-state index is 12.2. The summed E-state index contributed by atoms with van der Waals surface area (Å²) in [5.74, 6) is 0.655. The summed E-state index contributed by atoms with van der Waals surface area (Å²) in [4.78, 5) is 14.2. The number of nitrogens with one attached hydrogen (secondary N) is 1. The van der Waals surface area contributed by atoms with Crippen molar-refractivity contribution in [1.29, 1.82) is 0 Å². The van der Waals surface area contributed by atoms with Gasteiger partial charge < -0.3 is 4.90 Å². The molecule has 7 heteroatoms. The summed E-state index contributed by atoms with van der Waals surface area (Å²) >= 11 is 5.81. The number of halogens is 1. The van der Waals surface area contributed by atoms with Gasteiger partial charge in [-0.25, -0.2) is 13.1 Å². The molecule has 0 aliphatic carbocycles. The van der Waals surface area contributed by atoms with Gasteiger partial charge in [-0.2, -0.15) is 0 Å². The Kier molecular flexibility index (Phi) is 6.44. The van der Waals surface area contributed by atoms with Gasteiger partial charge in [0.25, 0.3) is 0 Å². The fourth-order valence-corrected chi connectivity index (χ4v) is 4.01. The van der Waals surface area contributed by atoms with Gasteiger partial charge in [0, 0.05) is 31.1 Å². The fourth-order valence-electron chi connectivity index (χ4n) is 2.68. The zero-order chi connectivity index (χ0) is 16.9. The van der Waals surface area contributed by atoms with Crippen molar-refractivity contribution in [1.82, 2.24) is 9.62 Å². The lowest BCUT2D eigenvalue weighted by molar-refractivity contribution is -0.131. The van der Waals surface area contributed by atoms with E-state index in [1.165, 1.54) is 12.1 Å². The summed E-state index contributed by atoms with van der Waals surface area (Å²) in [6.45, 7) is 3.83. The second-order valence-corrected chi connectivity index (χ2v) is 8.23. The van der Waals surface area contributed by atoms with Crippen LogP contribution in [0.4, 0.5) is 0 Å². The van der Waals surface area contributed by atoms with Crippen molar-refractivity contribution in [3.63, 3.8) is 0 Å². The Hall–Kier alpha value is -1.11. The van der Waals surface area contributed by atoms with E-state index in [4.69, 9.17) is 11.6 Å². The highest BCUT2D eigenvalue weighted by molar-refractivity contribution is 7.89. The molecule has 1 heterocycles. The highest BCUT2D eigenvalue weighted by Crippen LogP contribution is 2.17. The van der Waals surface area contributed by atoms with Crippen molar-refractivity contribution >= 4 is 27.5 Å². The van der Waals surface area contributed by atoms with Crippen LogP contribution in [0, 0.1) is 5.92 Å². The van der Waals surface area contributed by atoms with Crippen molar-refractivity contribution in [3.05, 3.63) is 29.3 Å². The summed E-state index contributed by atoms with van der Waals surface area (Å²) in [6.07, 6.45) is 3.35. The number of hydrogen-bond acceptors (Lipinski definition) is 3. The van der Waals surface area contributed by atoms with Gasteiger partial charge in [-0.1, -0.05) is 24.6 Å². The van der Waals surface area contributed by atoms with E-state index >= 15 is 0 Å². The molecule has 1 amide bonds. The molecule has 1 saturated heterocycles. The Morgan fingerprint density at radius 1 is 1.35 bits per heavy atom. The first-order valence-corrected chi connectivity index (χ1v) is 9.77. The smallest absolute Gasteiger partial charge is 0.240 e. The molecule has 1 aromatic carbocycles. The van der Waals surface area contributed by atoms with Crippen molar-refractivity contribution < 1.29 is 13.2 Å². The minimum Gasteiger partial charge on any atom is -0.343 e. The van der Waals surface area contributed by atoms with Crippen LogP contribution in [0.5, 0.6) is 0 Å². The Morgan fingerprint density at radius 3 is 2.87 bits per heavy atom. The molecule has 0 saturated carbocycles. The minimum absolute atomic E-state index is 0.00731. The average Bonchev–Trinajstić information content (AvgIpc) is 2.72. The van der Waals surface area contributed by atoms with Crippen LogP contribution in [-0.4, -0.2) is 38.9 Å². The predicted molar refractivity (Wildman–Crippen MR) is 90.9 cm³/mol.